The van der Waals surface area contributed by atoms with Crippen LogP contribution in [0.5, 0.6) is 0 Å². The molecule has 0 aromatic heterocycles. The van der Waals surface area contributed by atoms with Gasteiger partial charge in [0.2, 0.25) is 0 Å². The summed E-state index contributed by atoms with van der Waals surface area (Å²) in [6.45, 7) is 0. The van der Waals surface area contributed by atoms with Crippen LogP contribution in [0.1, 0.15) is 0 Å². The Balaban J connectivity index is -0.0000000125. The first-order valence-corrected chi connectivity index (χ1v) is 12.3. The van der Waals surface area contributed by atoms with Gasteiger partial charge in [-0.15, -0.1) is 0 Å². The average Bonchev–Trinajstić information content (AvgIpc) is 1.75. The van der Waals surface area contributed by atoms with Crippen molar-refractivity contribution in [1.29, 1.82) is 0 Å². The van der Waals surface area contributed by atoms with Crippen molar-refractivity contribution < 1.29 is 117 Å². The Hall–Kier alpha value is 3.40. The SMILES string of the molecule is O=C(O)O.[Cd].[Cd].[S]=[Cd].[S]=[Cd]. The van der Waals surface area contributed by atoms with Gasteiger partial charge in [0.15, 0.2) is 0 Å². The number of hydrogen-bond donors (Lipinski definition) is 2. The predicted octanol–water partition coefficient (Wildman–Crippen LogP) is 1.51. The van der Waals surface area contributed by atoms with Gasteiger partial charge in [0.1, 0.15) is 0 Å². The van der Waals surface area contributed by atoms with Gasteiger partial charge in [-0.2, -0.15) is 0 Å². The van der Waals surface area contributed by atoms with Gasteiger partial charge in [-0.05, 0) is 0 Å². The fourth-order valence-electron chi connectivity index (χ4n) is 0. The maximum absolute atomic E-state index is 8.56. The summed E-state index contributed by atoms with van der Waals surface area (Å²) in [6.07, 6.45) is -1.83. The molecule has 44 valence electrons. The molecule has 0 aliphatic heterocycles. The molecule has 0 aromatic rings. The van der Waals surface area contributed by atoms with Gasteiger partial charge in [0.05, 0.1) is 0 Å². The average molecular weight is 576 g/mol. The van der Waals surface area contributed by atoms with E-state index in [0.29, 0.717) is 0 Å². The van der Waals surface area contributed by atoms with E-state index < -0.39 is 6.16 Å². The van der Waals surface area contributed by atoms with Crippen LogP contribution in [0.3, 0.4) is 0 Å². The predicted molar refractivity (Wildman–Crippen MR) is 25.8 cm³/mol. The van der Waals surface area contributed by atoms with Crippen LogP contribution in [-0.2, 0) is 102 Å². The standard InChI is InChI=1S/CH2O3.4Cd.2S/c2-1(3)4;;;;;;/h(H2,2,3,4);;;;;;. The molecule has 9 heteroatoms. The molecule has 0 aliphatic carbocycles. The molecule has 0 aliphatic rings. The van der Waals surface area contributed by atoms with Crippen LogP contribution in [0, 0.1) is 0 Å². The number of hydrogen-bond acceptors (Lipinski definition) is 3. The first kappa shape index (κ1) is 29.2. The van der Waals surface area contributed by atoms with Crippen molar-refractivity contribution in [2.24, 2.45) is 0 Å². The van der Waals surface area contributed by atoms with Crippen molar-refractivity contribution in [3.8, 4) is 0 Å². The molecule has 0 amide bonds. The number of carboxylic acid groups (broad SMARTS) is 2. The third-order valence-corrected chi connectivity index (χ3v) is 0. The maximum atomic E-state index is 8.56. The molecule has 10 heavy (non-hydrogen) atoms. The second-order valence-electron chi connectivity index (χ2n) is 0.283. The Bertz CT molecular complexity index is 56.5. The quantitative estimate of drug-likeness (QED) is 0.429. The van der Waals surface area contributed by atoms with E-state index >= 15 is 0 Å². The summed E-state index contributed by atoms with van der Waals surface area (Å²) in [6, 6.07) is 0. The summed E-state index contributed by atoms with van der Waals surface area (Å²) >= 11 is 1.47. The fraction of sp³-hybridized carbons (Fsp3) is 0. The van der Waals surface area contributed by atoms with Crippen LogP contribution in [0.25, 0.3) is 0 Å². The second-order valence-corrected chi connectivity index (χ2v) is 0.283. The number of carbonyl (C=O) groups is 1. The molecule has 0 fully saturated rings. The van der Waals surface area contributed by atoms with Crippen LogP contribution in [0.15, 0.2) is 0 Å². The third-order valence-electron chi connectivity index (χ3n) is 0. The van der Waals surface area contributed by atoms with E-state index in [1.54, 1.807) is 0 Å². The van der Waals surface area contributed by atoms with Gasteiger partial charge in [0.25, 0.3) is 0 Å². The first-order chi connectivity index (χ1) is 3.73. The monoisotopic (exact) mass is 582 g/mol. The summed E-state index contributed by atoms with van der Waals surface area (Å²) in [5, 5.41) is 13.9. The molecular weight excluding hydrogens is 574 g/mol. The fourth-order valence-corrected chi connectivity index (χ4v) is 0. The number of rotatable bonds is 0. The van der Waals surface area contributed by atoms with Crippen molar-refractivity contribution in [1.82, 2.24) is 0 Å². The van der Waals surface area contributed by atoms with Gasteiger partial charge in [0, 0.05) is 54.6 Å². The zero-order valence-corrected chi connectivity index (χ0v) is 23.2. The topological polar surface area (TPSA) is 57.5 Å². The minimum absolute atomic E-state index is 0. The molecular formula is CH2Cd4O3S2. The van der Waals surface area contributed by atoms with E-state index in [0.717, 1.165) is 47.4 Å². The van der Waals surface area contributed by atoms with Crippen LogP contribution in [0.2, 0.25) is 0 Å². The van der Waals surface area contributed by atoms with Gasteiger partial charge >= 0.3 is 70.8 Å². The summed E-state index contributed by atoms with van der Waals surface area (Å²) in [5.74, 6) is 0. The summed E-state index contributed by atoms with van der Waals surface area (Å²) in [5.41, 5.74) is 0. The van der Waals surface area contributed by atoms with Gasteiger partial charge in [-0.3, -0.25) is 0 Å². The molecule has 0 aromatic carbocycles. The summed E-state index contributed by atoms with van der Waals surface area (Å²) in [4.78, 5) is 8.56. The molecule has 0 spiro atoms. The third kappa shape index (κ3) is 107. The Labute approximate surface area is 137 Å². The molecule has 2 N–H and O–H groups in total. The van der Waals surface area contributed by atoms with E-state index in [2.05, 4.69) is 17.3 Å². The molecule has 3 nitrogen and oxygen atoms in total. The molecule has 0 bridgehead atoms. The van der Waals surface area contributed by atoms with E-state index in [1.165, 1.54) is 0 Å². The normalized spacial score (nSPS) is 3.60. The van der Waals surface area contributed by atoms with Crippen molar-refractivity contribution in [3.05, 3.63) is 0 Å². The summed E-state index contributed by atoms with van der Waals surface area (Å²) < 4.78 is 0. The molecule has 0 heterocycles. The zero-order valence-electron chi connectivity index (χ0n) is 5.45. The molecule has 0 unspecified atom stereocenters. The zero-order chi connectivity index (χ0) is 7.58. The first-order valence-electron chi connectivity index (χ1n) is 1.23. The van der Waals surface area contributed by atoms with Crippen molar-refractivity contribution in [2.45, 2.75) is 0 Å². The Morgan fingerprint density at radius 1 is 1.00 bits per heavy atom. The van der Waals surface area contributed by atoms with Crippen molar-refractivity contribution >= 4 is 23.4 Å². The Kier molecular flexibility index (Phi) is 115. The van der Waals surface area contributed by atoms with Gasteiger partial charge in [-0.25, -0.2) is 4.79 Å². The molecule has 0 saturated heterocycles. The van der Waals surface area contributed by atoms with E-state index in [4.69, 9.17) is 15.0 Å². The Morgan fingerprint density at radius 2 is 1.00 bits per heavy atom. The van der Waals surface area contributed by atoms with Gasteiger partial charge in [-0.1, -0.05) is 0 Å². The molecule has 0 saturated carbocycles. The van der Waals surface area contributed by atoms with E-state index in [9.17, 15) is 0 Å². The molecule has 0 atom stereocenters. The van der Waals surface area contributed by atoms with Crippen LogP contribution >= 0.6 is 17.3 Å². The van der Waals surface area contributed by atoms with Crippen molar-refractivity contribution in [2.75, 3.05) is 0 Å². The van der Waals surface area contributed by atoms with Crippen LogP contribution in [0.4, 0.5) is 4.79 Å². The minimum atomic E-state index is -1.83. The summed E-state index contributed by atoms with van der Waals surface area (Å²) in [7, 11) is 8.51. The second kappa shape index (κ2) is 39.3. The Morgan fingerprint density at radius 3 is 1.00 bits per heavy atom. The van der Waals surface area contributed by atoms with Crippen LogP contribution < -0.4 is 0 Å². The van der Waals surface area contributed by atoms with E-state index in [-0.39, 0.29) is 54.6 Å². The van der Waals surface area contributed by atoms with E-state index in [1.807, 2.05) is 0 Å². The molecule has 0 radical (unpaired) electrons. The van der Waals surface area contributed by atoms with Crippen LogP contribution in [-0.4, -0.2) is 16.4 Å². The van der Waals surface area contributed by atoms with Gasteiger partial charge < -0.3 is 10.2 Å². The molecule has 0 rings (SSSR count). The van der Waals surface area contributed by atoms with Crippen molar-refractivity contribution in [3.63, 3.8) is 0 Å².